The van der Waals surface area contributed by atoms with E-state index >= 15 is 0 Å². The van der Waals surface area contributed by atoms with Gasteiger partial charge in [-0.05, 0) is 80.1 Å². The summed E-state index contributed by atoms with van der Waals surface area (Å²) in [7, 11) is 0. The summed E-state index contributed by atoms with van der Waals surface area (Å²) in [6.07, 6.45) is 7.04. The number of nitrogens with zero attached hydrogens (tertiary/aromatic N) is 3. The molecule has 224 valence electrons. The van der Waals surface area contributed by atoms with Crippen molar-refractivity contribution in [1.82, 2.24) is 19.9 Å². The van der Waals surface area contributed by atoms with Gasteiger partial charge in [-0.15, -0.1) is 11.3 Å². The van der Waals surface area contributed by atoms with Gasteiger partial charge in [0, 0.05) is 18.7 Å². The van der Waals surface area contributed by atoms with E-state index in [4.69, 9.17) is 4.74 Å². The van der Waals surface area contributed by atoms with Gasteiger partial charge in [-0.2, -0.15) is 32.0 Å². The molecule has 43 heavy (non-hydrogen) atoms. The van der Waals surface area contributed by atoms with Crippen molar-refractivity contribution in [3.8, 4) is 17.2 Å². The van der Waals surface area contributed by atoms with E-state index in [0.717, 1.165) is 42.4 Å². The summed E-state index contributed by atoms with van der Waals surface area (Å²) < 4.78 is 8.15. The molecule has 8 nitrogen and oxygen atoms in total. The smallest absolute Gasteiger partial charge is 0.353 e. The van der Waals surface area contributed by atoms with Gasteiger partial charge in [0.15, 0.2) is 0 Å². The number of hydrogen-bond acceptors (Lipinski definition) is 7. The van der Waals surface area contributed by atoms with Gasteiger partial charge in [0.05, 0.1) is 21.1 Å². The Morgan fingerprint density at radius 3 is 2.70 bits per heavy atom. The first-order valence-electron chi connectivity index (χ1n) is 13.7. The van der Waals surface area contributed by atoms with Crippen molar-refractivity contribution in [3.05, 3.63) is 94.0 Å². The molecule has 1 fully saturated rings. The predicted octanol–water partition coefficient (Wildman–Crippen LogP) is 5.96. The van der Waals surface area contributed by atoms with Crippen LogP contribution < -0.4 is 20.3 Å². The predicted molar refractivity (Wildman–Crippen MR) is 182 cm³/mol. The number of nitrogens with one attached hydrogen (secondary N) is 1. The van der Waals surface area contributed by atoms with E-state index in [-0.39, 0.29) is 50.6 Å². The average Bonchev–Trinajstić information content (AvgIpc) is 3.34. The van der Waals surface area contributed by atoms with Gasteiger partial charge < -0.3 is 15.2 Å². The molecule has 2 atom stereocenters. The molecule has 2 N–H and O–H groups in total. The Labute approximate surface area is 267 Å². The normalized spacial score (nSPS) is 17.0. The molecule has 6 rings (SSSR count). The fraction of sp³-hybridized carbons (Fsp3) is 0.250. The van der Waals surface area contributed by atoms with Crippen molar-refractivity contribution in [2.75, 3.05) is 0 Å². The summed E-state index contributed by atoms with van der Waals surface area (Å²) in [5.74, 6) is 1.64. The number of ether oxygens (including phenoxy) is 1. The maximum atomic E-state index is 13.5. The first-order chi connectivity index (χ1) is 19.9. The number of thiophene rings is 1. The third-order valence-electron chi connectivity index (χ3n) is 7.63. The summed E-state index contributed by atoms with van der Waals surface area (Å²) >= 11 is 1.35. The van der Waals surface area contributed by atoms with E-state index in [9.17, 15) is 14.7 Å². The summed E-state index contributed by atoms with van der Waals surface area (Å²) in [5, 5.41) is 15.0. The zero-order valence-electron chi connectivity index (χ0n) is 23.7. The molecule has 3 heterocycles. The van der Waals surface area contributed by atoms with Gasteiger partial charge in [-0.3, -0.25) is 9.36 Å². The molecule has 1 saturated carbocycles. The maximum Gasteiger partial charge on any atom is 0.353 e. The number of rotatable bonds is 7. The molecule has 0 radical (unpaired) electrons. The Bertz CT molecular complexity index is 1890. The minimum atomic E-state index is -0.429. The Morgan fingerprint density at radius 2 is 1.95 bits per heavy atom. The summed E-state index contributed by atoms with van der Waals surface area (Å²) in [6, 6.07) is 17.0. The van der Waals surface area contributed by atoms with Crippen LogP contribution in [0.1, 0.15) is 37.7 Å². The van der Waals surface area contributed by atoms with E-state index in [1.807, 2.05) is 61.5 Å². The third kappa shape index (κ3) is 6.58. The molecule has 1 aliphatic rings. The molecule has 0 aliphatic heterocycles. The molecule has 0 saturated heterocycles. The second kappa shape index (κ2) is 13.7. The van der Waals surface area contributed by atoms with Crippen LogP contribution in [0.3, 0.4) is 0 Å². The maximum absolute atomic E-state index is 13.5. The van der Waals surface area contributed by atoms with E-state index in [1.54, 1.807) is 10.8 Å². The van der Waals surface area contributed by atoms with E-state index in [2.05, 4.69) is 21.9 Å². The number of carbonyl (C=O) groups excluding carboxylic acids is 1. The molecule has 2 aromatic carbocycles. The standard InChI is InChI=1S/C32H30N4O4S.2H2S/c1-3-27(38)34-21-9-7-8-20(17-21)18-26(37)30-29-28-25(14-15-33-31(28)41-30)36(32(39)35-29)24-13-12-23(16-19(24)2)40-22-10-5-4-6-11-22;;/h3-6,10-16,20-21,37H,1,7-9,17-18H2,2H3,(H,34,38);2*1H2/t20-,21-;;/m0../s1. The number of aryl methyl sites for hydroxylation is 1. The lowest BCUT2D eigenvalue weighted by molar-refractivity contribution is -0.117. The fourth-order valence-electron chi connectivity index (χ4n) is 5.76. The highest BCUT2D eigenvalue weighted by atomic mass is 32.1. The topological polar surface area (TPSA) is 106 Å². The largest absolute Gasteiger partial charge is 0.511 e. The Balaban J connectivity index is 0.00000212. The number of aromatic nitrogens is 3. The van der Waals surface area contributed by atoms with Crippen LogP contribution in [0.5, 0.6) is 11.5 Å². The highest BCUT2D eigenvalue weighted by Crippen LogP contribution is 2.32. The van der Waals surface area contributed by atoms with Crippen molar-refractivity contribution in [3.63, 3.8) is 0 Å². The van der Waals surface area contributed by atoms with E-state index < -0.39 is 5.69 Å². The molecule has 11 heteroatoms. The van der Waals surface area contributed by atoms with Crippen LogP contribution in [-0.2, 0) is 4.79 Å². The number of para-hydroxylation sites is 1. The number of aliphatic hydroxyl groups excluding tert-OH is 1. The first-order valence-corrected chi connectivity index (χ1v) is 14.5. The lowest BCUT2D eigenvalue weighted by Crippen LogP contribution is -2.37. The minimum absolute atomic E-state index is 0. The van der Waals surface area contributed by atoms with Crippen molar-refractivity contribution in [2.45, 2.75) is 45.1 Å². The van der Waals surface area contributed by atoms with Gasteiger partial charge in [0.2, 0.25) is 5.91 Å². The number of aliphatic hydroxyl groups is 1. The molecular formula is C32H34N4O4S3. The second-order valence-electron chi connectivity index (χ2n) is 10.5. The highest BCUT2D eigenvalue weighted by molar-refractivity contribution is 7.59. The summed E-state index contributed by atoms with van der Waals surface area (Å²) in [4.78, 5) is 35.0. The molecule has 5 aromatic rings. The Hall–Kier alpha value is -3.80. The number of hydrogen-bond donors (Lipinski definition) is 2. The zero-order chi connectivity index (χ0) is 28.5. The highest BCUT2D eigenvalue weighted by Gasteiger charge is 2.25. The third-order valence-corrected chi connectivity index (χ3v) is 8.77. The fourth-order valence-corrected chi connectivity index (χ4v) is 6.82. The molecule has 0 unspecified atom stereocenters. The van der Waals surface area contributed by atoms with E-state index in [1.165, 1.54) is 17.4 Å². The lowest BCUT2D eigenvalue weighted by atomic mass is 9.83. The lowest BCUT2D eigenvalue weighted by Gasteiger charge is -2.29. The molecule has 1 amide bonds. The van der Waals surface area contributed by atoms with Crippen molar-refractivity contribution in [2.24, 2.45) is 5.92 Å². The average molecular weight is 635 g/mol. The van der Waals surface area contributed by atoms with Gasteiger partial charge in [0.1, 0.15) is 27.6 Å². The molecule has 1 aliphatic carbocycles. The number of amides is 1. The van der Waals surface area contributed by atoms with Gasteiger partial charge >= 0.3 is 5.69 Å². The summed E-state index contributed by atoms with van der Waals surface area (Å²) in [5.41, 5.74) is 2.29. The van der Waals surface area contributed by atoms with Crippen LogP contribution in [0, 0.1) is 12.8 Å². The monoisotopic (exact) mass is 634 g/mol. The minimum Gasteiger partial charge on any atom is -0.511 e. The van der Waals surface area contributed by atoms with Gasteiger partial charge in [-0.25, -0.2) is 9.78 Å². The van der Waals surface area contributed by atoms with Crippen molar-refractivity contribution < 1.29 is 14.6 Å². The Morgan fingerprint density at radius 1 is 1.16 bits per heavy atom. The first kappa shape index (κ1) is 32.1. The van der Waals surface area contributed by atoms with Crippen LogP contribution in [0.4, 0.5) is 0 Å². The van der Waals surface area contributed by atoms with Crippen LogP contribution in [0.25, 0.3) is 32.7 Å². The number of pyridine rings is 1. The van der Waals surface area contributed by atoms with Crippen LogP contribution in [-0.4, -0.2) is 31.6 Å². The zero-order valence-corrected chi connectivity index (χ0v) is 26.5. The van der Waals surface area contributed by atoms with Crippen molar-refractivity contribution in [1.29, 1.82) is 0 Å². The molecule has 3 aromatic heterocycles. The van der Waals surface area contributed by atoms with Gasteiger partial charge in [0.25, 0.3) is 0 Å². The van der Waals surface area contributed by atoms with Crippen LogP contribution in [0.15, 0.2) is 78.2 Å². The SMILES string of the molecule is C=CC(=O)N[C@H]1CCC[C@H](CC(O)=c2sc3nccc4c3c2nc(=O)n4-c2ccc(Oc3ccccc3)cc2C)C1.S.S. The summed E-state index contributed by atoms with van der Waals surface area (Å²) in [6.45, 7) is 5.47. The van der Waals surface area contributed by atoms with Crippen LogP contribution >= 0.6 is 38.3 Å². The molecule has 0 bridgehead atoms. The van der Waals surface area contributed by atoms with E-state index in [0.29, 0.717) is 38.3 Å². The quantitative estimate of drug-likeness (QED) is 0.214. The van der Waals surface area contributed by atoms with Crippen LogP contribution in [0.2, 0.25) is 0 Å². The number of benzene rings is 2. The number of carbonyl (C=O) groups is 1. The van der Waals surface area contributed by atoms with Gasteiger partial charge in [-0.1, -0.05) is 31.2 Å². The molecular weight excluding hydrogens is 601 g/mol. The second-order valence-corrected chi connectivity index (χ2v) is 11.5. The Kier molecular flexibility index (Phi) is 10.2. The van der Waals surface area contributed by atoms with Crippen molar-refractivity contribution >= 4 is 71.2 Å². The molecule has 0 spiro atoms.